The standard InChI is InChI=1S/C15H24N2O3/c1-10-9-11(13(18)7-8-16)5-6-12(10)17-14(19)20-15(2,3)4/h5-6,9,13,18H,7-8,16H2,1-4H3,(H,17,19). The zero-order valence-corrected chi connectivity index (χ0v) is 12.6. The molecule has 5 nitrogen and oxygen atoms in total. The molecule has 0 aliphatic carbocycles. The van der Waals surface area contributed by atoms with Crippen molar-refractivity contribution in [2.24, 2.45) is 5.73 Å². The lowest BCUT2D eigenvalue weighted by molar-refractivity contribution is 0.0636. The van der Waals surface area contributed by atoms with E-state index >= 15 is 0 Å². The number of carbonyl (C=O) groups is 1. The van der Waals surface area contributed by atoms with E-state index in [1.165, 1.54) is 0 Å². The Kier molecular flexibility index (Phi) is 5.53. The van der Waals surface area contributed by atoms with Gasteiger partial charge in [0.1, 0.15) is 5.60 Å². The van der Waals surface area contributed by atoms with E-state index in [1.54, 1.807) is 12.1 Å². The molecule has 0 heterocycles. The lowest BCUT2D eigenvalue weighted by Gasteiger charge is -2.20. The van der Waals surface area contributed by atoms with Crippen LogP contribution in [0.15, 0.2) is 18.2 Å². The number of aryl methyl sites for hydroxylation is 1. The molecule has 1 aromatic rings. The fraction of sp³-hybridized carbons (Fsp3) is 0.533. The van der Waals surface area contributed by atoms with Crippen molar-refractivity contribution in [3.63, 3.8) is 0 Å². The van der Waals surface area contributed by atoms with E-state index in [2.05, 4.69) is 5.32 Å². The summed E-state index contributed by atoms with van der Waals surface area (Å²) in [4.78, 5) is 11.7. The molecule has 0 spiro atoms. The Morgan fingerprint density at radius 1 is 1.45 bits per heavy atom. The van der Waals surface area contributed by atoms with E-state index in [0.717, 1.165) is 11.1 Å². The maximum Gasteiger partial charge on any atom is 0.412 e. The number of anilines is 1. The zero-order valence-electron chi connectivity index (χ0n) is 12.6. The maximum atomic E-state index is 11.7. The van der Waals surface area contributed by atoms with Gasteiger partial charge < -0.3 is 15.6 Å². The Bertz CT molecular complexity index is 467. The number of carbonyl (C=O) groups excluding carboxylic acids is 1. The number of hydrogen-bond acceptors (Lipinski definition) is 4. The van der Waals surface area contributed by atoms with Crippen molar-refractivity contribution in [2.45, 2.75) is 45.8 Å². The molecule has 5 heteroatoms. The van der Waals surface area contributed by atoms with Gasteiger partial charge >= 0.3 is 6.09 Å². The summed E-state index contributed by atoms with van der Waals surface area (Å²) in [5, 5.41) is 12.6. The molecule has 1 amide bonds. The number of benzene rings is 1. The number of hydrogen-bond donors (Lipinski definition) is 3. The molecule has 112 valence electrons. The smallest absolute Gasteiger partial charge is 0.412 e. The first-order valence-corrected chi connectivity index (χ1v) is 6.71. The Morgan fingerprint density at radius 2 is 2.10 bits per heavy atom. The van der Waals surface area contributed by atoms with Gasteiger partial charge in [0.15, 0.2) is 0 Å². The number of nitrogens with one attached hydrogen (secondary N) is 1. The van der Waals surface area contributed by atoms with Gasteiger partial charge in [0.2, 0.25) is 0 Å². The zero-order chi connectivity index (χ0) is 15.3. The highest BCUT2D eigenvalue weighted by Gasteiger charge is 2.17. The number of rotatable bonds is 4. The van der Waals surface area contributed by atoms with Crippen LogP contribution >= 0.6 is 0 Å². The second kappa shape index (κ2) is 6.72. The molecule has 1 unspecified atom stereocenters. The molecule has 0 aromatic heterocycles. The maximum absolute atomic E-state index is 11.7. The van der Waals surface area contributed by atoms with Crippen molar-refractivity contribution >= 4 is 11.8 Å². The number of ether oxygens (including phenoxy) is 1. The molecule has 0 saturated carbocycles. The van der Waals surface area contributed by atoms with Crippen molar-refractivity contribution in [3.8, 4) is 0 Å². The largest absolute Gasteiger partial charge is 0.444 e. The molecule has 0 bridgehead atoms. The molecular weight excluding hydrogens is 256 g/mol. The van der Waals surface area contributed by atoms with E-state index in [0.29, 0.717) is 18.7 Å². The van der Waals surface area contributed by atoms with Crippen LogP contribution in [0, 0.1) is 6.92 Å². The molecule has 0 saturated heterocycles. The molecule has 1 aromatic carbocycles. The average molecular weight is 280 g/mol. The van der Waals surface area contributed by atoms with Crippen LogP contribution in [0.5, 0.6) is 0 Å². The Morgan fingerprint density at radius 3 is 2.60 bits per heavy atom. The van der Waals surface area contributed by atoms with Crippen LogP contribution in [0.25, 0.3) is 0 Å². The van der Waals surface area contributed by atoms with Crippen molar-refractivity contribution in [3.05, 3.63) is 29.3 Å². The third-order valence-electron chi connectivity index (χ3n) is 2.71. The van der Waals surface area contributed by atoms with Crippen LogP contribution in [0.3, 0.4) is 0 Å². The van der Waals surface area contributed by atoms with Gasteiger partial charge in [0.05, 0.1) is 6.10 Å². The molecule has 1 rings (SSSR count). The summed E-state index contributed by atoms with van der Waals surface area (Å²) in [5.74, 6) is 0. The predicted molar refractivity (Wildman–Crippen MR) is 79.7 cm³/mol. The van der Waals surface area contributed by atoms with Gasteiger partial charge in [-0.2, -0.15) is 0 Å². The van der Waals surface area contributed by atoms with E-state index in [-0.39, 0.29) is 0 Å². The third-order valence-corrected chi connectivity index (χ3v) is 2.71. The molecule has 1 atom stereocenters. The highest BCUT2D eigenvalue weighted by molar-refractivity contribution is 5.85. The topological polar surface area (TPSA) is 84.6 Å². The summed E-state index contributed by atoms with van der Waals surface area (Å²) < 4.78 is 5.20. The molecule has 0 aliphatic rings. The normalized spacial score (nSPS) is 12.9. The minimum Gasteiger partial charge on any atom is -0.444 e. The fourth-order valence-electron chi connectivity index (χ4n) is 1.77. The van der Waals surface area contributed by atoms with Crippen LogP contribution < -0.4 is 11.1 Å². The van der Waals surface area contributed by atoms with Gasteiger partial charge in [-0.3, -0.25) is 5.32 Å². The lowest BCUT2D eigenvalue weighted by Crippen LogP contribution is -2.27. The minimum absolute atomic E-state index is 0.429. The van der Waals surface area contributed by atoms with E-state index in [9.17, 15) is 9.90 Å². The Labute approximate surface area is 120 Å². The molecule has 0 radical (unpaired) electrons. The molecule has 0 fully saturated rings. The number of nitrogens with two attached hydrogens (primary N) is 1. The monoisotopic (exact) mass is 280 g/mol. The van der Waals surface area contributed by atoms with Crippen molar-refractivity contribution in [1.82, 2.24) is 0 Å². The summed E-state index contributed by atoms with van der Waals surface area (Å²) in [6, 6.07) is 5.38. The average Bonchev–Trinajstić information content (AvgIpc) is 2.29. The first kappa shape index (κ1) is 16.5. The predicted octanol–water partition coefficient (Wildman–Crippen LogP) is 2.72. The van der Waals surface area contributed by atoms with E-state index < -0.39 is 17.8 Å². The minimum atomic E-state index is -0.575. The van der Waals surface area contributed by atoms with Crippen LogP contribution in [-0.4, -0.2) is 23.3 Å². The van der Waals surface area contributed by atoms with Crippen LogP contribution in [-0.2, 0) is 4.74 Å². The molecular formula is C15H24N2O3. The van der Waals surface area contributed by atoms with E-state index in [4.69, 9.17) is 10.5 Å². The number of amides is 1. The van der Waals surface area contributed by atoms with Crippen molar-refractivity contribution < 1.29 is 14.6 Å². The first-order chi connectivity index (χ1) is 9.23. The molecule has 0 aliphatic heterocycles. The summed E-state index contributed by atoms with van der Waals surface area (Å²) in [7, 11) is 0. The number of aliphatic hydroxyl groups excluding tert-OH is 1. The summed E-state index contributed by atoms with van der Waals surface area (Å²) in [6.07, 6.45) is -0.553. The van der Waals surface area contributed by atoms with E-state index in [1.807, 2.05) is 33.8 Å². The Hall–Kier alpha value is -1.59. The summed E-state index contributed by atoms with van der Waals surface area (Å²) >= 11 is 0. The van der Waals surface area contributed by atoms with Gasteiger partial charge in [0.25, 0.3) is 0 Å². The third kappa shape index (κ3) is 5.19. The second-order valence-corrected chi connectivity index (χ2v) is 5.79. The summed E-state index contributed by atoms with van der Waals surface area (Å²) in [5.41, 5.74) is 7.22. The van der Waals surface area contributed by atoms with Gasteiger partial charge in [-0.15, -0.1) is 0 Å². The highest BCUT2D eigenvalue weighted by atomic mass is 16.6. The fourth-order valence-corrected chi connectivity index (χ4v) is 1.77. The van der Waals surface area contributed by atoms with Crippen LogP contribution in [0.1, 0.15) is 44.4 Å². The van der Waals surface area contributed by atoms with Gasteiger partial charge in [-0.25, -0.2) is 4.79 Å². The Balaban J connectivity index is 2.76. The van der Waals surface area contributed by atoms with Crippen LogP contribution in [0.2, 0.25) is 0 Å². The first-order valence-electron chi connectivity index (χ1n) is 6.71. The van der Waals surface area contributed by atoms with Gasteiger partial charge in [0, 0.05) is 5.69 Å². The van der Waals surface area contributed by atoms with Gasteiger partial charge in [-0.1, -0.05) is 12.1 Å². The SMILES string of the molecule is Cc1cc(C(O)CCN)ccc1NC(=O)OC(C)(C)C. The van der Waals surface area contributed by atoms with Gasteiger partial charge in [-0.05, 0) is 57.9 Å². The highest BCUT2D eigenvalue weighted by Crippen LogP contribution is 2.23. The molecule has 4 N–H and O–H groups in total. The van der Waals surface area contributed by atoms with Crippen LogP contribution in [0.4, 0.5) is 10.5 Å². The molecule has 20 heavy (non-hydrogen) atoms. The second-order valence-electron chi connectivity index (χ2n) is 5.79. The summed E-state index contributed by atoms with van der Waals surface area (Å²) in [6.45, 7) is 7.73. The van der Waals surface area contributed by atoms with Crippen molar-refractivity contribution in [1.29, 1.82) is 0 Å². The quantitative estimate of drug-likeness (QED) is 0.791. The lowest BCUT2D eigenvalue weighted by atomic mass is 10.0. The number of aliphatic hydroxyl groups is 1. The van der Waals surface area contributed by atoms with Crippen molar-refractivity contribution in [2.75, 3.05) is 11.9 Å².